The van der Waals surface area contributed by atoms with E-state index in [0.717, 1.165) is 11.5 Å². The Labute approximate surface area is 125 Å². The van der Waals surface area contributed by atoms with Gasteiger partial charge in [-0.2, -0.15) is 0 Å². The predicted octanol–water partition coefficient (Wildman–Crippen LogP) is 1.55. The summed E-state index contributed by atoms with van der Waals surface area (Å²) >= 11 is 0. The summed E-state index contributed by atoms with van der Waals surface area (Å²) in [4.78, 5) is 8.36. The van der Waals surface area contributed by atoms with Crippen molar-refractivity contribution in [3.05, 3.63) is 42.2 Å². The Morgan fingerprint density at radius 1 is 1.09 bits per heavy atom. The summed E-state index contributed by atoms with van der Waals surface area (Å²) in [5.74, 6) is -2.89. The third-order valence-electron chi connectivity index (χ3n) is 3.46. The van der Waals surface area contributed by atoms with Crippen LogP contribution in [0, 0.1) is 11.6 Å². The van der Waals surface area contributed by atoms with Crippen molar-refractivity contribution in [2.45, 2.75) is 0 Å². The average molecular weight is 300 g/mol. The number of fused-ring (bicyclic) bond motifs is 1. The largest absolute Gasteiger partial charge is 0.505 e. The van der Waals surface area contributed by atoms with Crippen molar-refractivity contribution in [3.8, 4) is 22.6 Å². The van der Waals surface area contributed by atoms with Gasteiger partial charge in [0.1, 0.15) is 7.85 Å². The molecule has 0 fully saturated rings. The Kier molecular flexibility index (Phi) is 3.40. The summed E-state index contributed by atoms with van der Waals surface area (Å²) in [6, 6.07) is 4.14. The van der Waals surface area contributed by atoms with Crippen molar-refractivity contribution in [2.24, 2.45) is 0 Å². The molecular formula is C15H11BF2N2O2. The van der Waals surface area contributed by atoms with E-state index in [9.17, 15) is 13.9 Å². The fourth-order valence-electron chi connectivity index (χ4n) is 2.38. The van der Waals surface area contributed by atoms with Gasteiger partial charge in [0.15, 0.2) is 23.1 Å². The van der Waals surface area contributed by atoms with Crippen molar-refractivity contribution in [2.75, 3.05) is 7.11 Å². The summed E-state index contributed by atoms with van der Waals surface area (Å²) in [6.07, 6.45) is 2.95. The Morgan fingerprint density at radius 3 is 2.45 bits per heavy atom. The monoisotopic (exact) mass is 300 g/mol. The van der Waals surface area contributed by atoms with E-state index < -0.39 is 17.4 Å². The molecule has 0 atom stereocenters. The first-order valence-corrected chi connectivity index (χ1v) is 6.50. The number of benzene rings is 2. The molecule has 0 unspecified atom stereocenters. The highest BCUT2D eigenvalue weighted by atomic mass is 19.1. The van der Waals surface area contributed by atoms with Crippen LogP contribution in [0.2, 0.25) is 0 Å². The number of methoxy groups -OCH3 is 1. The van der Waals surface area contributed by atoms with E-state index in [1.807, 2.05) is 7.85 Å². The molecule has 0 radical (unpaired) electrons. The summed E-state index contributed by atoms with van der Waals surface area (Å²) in [6.45, 7) is 0. The zero-order chi connectivity index (χ0) is 15.9. The number of phenols is 1. The molecule has 0 saturated heterocycles. The molecule has 7 heteroatoms. The second-order valence-corrected chi connectivity index (χ2v) is 4.78. The molecule has 110 valence electrons. The molecule has 2 aromatic carbocycles. The predicted molar refractivity (Wildman–Crippen MR) is 81.3 cm³/mol. The topological polar surface area (TPSA) is 55.2 Å². The fourth-order valence-corrected chi connectivity index (χ4v) is 2.38. The van der Waals surface area contributed by atoms with Gasteiger partial charge in [-0.25, -0.2) is 8.78 Å². The molecule has 0 bridgehead atoms. The number of nitrogens with zero attached hydrogens (tertiary/aromatic N) is 2. The molecule has 0 spiro atoms. The second kappa shape index (κ2) is 5.25. The molecule has 0 aliphatic heterocycles. The Bertz CT molecular complexity index is 887. The van der Waals surface area contributed by atoms with Crippen LogP contribution >= 0.6 is 0 Å². The zero-order valence-electron chi connectivity index (χ0n) is 11.9. The van der Waals surface area contributed by atoms with Crippen molar-refractivity contribution in [1.29, 1.82) is 0 Å². The number of rotatable bonds is 2. The lowest BCUT2D eigenvalue weighted by molar-refractivity contribution is 0.372. The first kappa shape index (κ1) is 14.3. The molecule has 3 aromatic rings. The van der Waals surface area contributed by atoms with Crippen LogP contribution in [-0.4, -0.2) is 30.0 Å². The minimum Gasteiger partial charge on any atom is -0.505 e. The smallest absolute Gasteiger partial charge is 0.176 e. The molecular weight excluding hydrogens is 289 g/mol. The van der Waals surface area contributed by atoms with Gasteiger partial charge < -0.3 is 9.84 Å². The van der Waals surface area contributed by atoms with Gasteiger partial charge in [-0.05, 0) is 0 Å². The minimum absolute atomic E-state index is 0.206. The van der Waals surface area contributed by atoms with E-state index >= 15 is 0 Å². The normalized spacial score (nSPS) is 10.9. The molecule has 0 saturated carbocycles. The number of ether oxygens (including phenoxy) is 1. The molecule has 1 aromatic heterocycles. The molecule has 0 aliphatic carbocycles. The maximum atomic E-state index is 14.5. The SMILES string of the molecule is Bc1ccc(-c2c(F)c(O)cc(OC)c2F)c2nccnc12. The highest BCUT2D eigenvalue weighted by molar-refractivity contribution is 6.38. The number of phenolic OH excluding ortho intramolecular Hbond substituents is 1. The molecule has 22 heavy (non-hydrogen) atoms. The highest BCUT2D eigenvalue weighted by Gasteiger charge is 2.22. The van der Waals surface area contributed by atoms with Crippen LogP contribution in [-0.2, 0) is 0 Å². The highest BCUT2D eigenvalue weighted by Crippen LogP contribution is 2.38. The van der Waals surface area contributed by atoms with Crippen molar-refractivity contribution >= 4 is 24.3 Å². The van der Waals surface area contributed by atoms with Crippen LogP contribution < -0.4 is 10.2 Å². The van der Waals surface area contributed by atoms with E-state index in [0.29, 0.717) is 11.0 Å². The minimum atomic E-state index is -1.06. The van der Waals surface area contributed by atoms with Gasteiger partial charge in [0.2, 0.25) is 0 Å². The number of aromatic hydroxyl groups is 1. The average Bonchev–Trinajstić information content (AvgIpc) is 2.53. The lowest BCUT2D eigenvalue weighted by atomic mass is 9.90. The van der Waals surface area contributed by atoms with E-state index in [1.54, 1.807) is 12.1 Å². The van der Waals surface area contributed by atoms with E-state index in [4.69, 9.17) is 4.74 Å². The quantitative estimate of drug-likeness (QED) is 0.730. The van der Waals surface area contributed by atoms with Crippen LogP contribution in [0.4, 0.5) is 8.78 Å². The lowest BCUT2D eigenvalue weighted by Gasteiger charge is -2.13. The van der Waals surface area contributed by atoms with Crippen LogP contribution in [0.5, 0.6) is 11.5 Å². The van der Waals surface area contributed by atoms with Crippen molar-refractivity contribution in [3.63, 3.8) is 0 Å². The fraction of sp³-hybridized carbons (Fsp3) is 0.0667. The number of halogens is 2. The number of aromatic nitrogens is 2. The molecule has 3 rings (SSSR count). The van der Waals surface area contributed by atoms with E-state index in [-0.39, 0.29) is 16.9 Å². The van der Waals surface area contributed by atoms with Gasteiger partial charge in [0.05, 0.1) is 23.7 Å². The first-order chi connectivity index (χ1) is 10.5. The summed E-state index contributed by atoms with van der Waals surface area (Å²) < 4.78 is 33.6. The summed E-state index contributed by atoms with van der Waals surface area (Å²) in [5, 5.41) is 9.67. The van der Waals surface area contributed by atoms with Crippen LogP contribution in [0.1, 0.15) is 0 Å². The second-order valence-electron chi connectivity index (χ2n) is 4.78. The van der Waals surface area contributed by atoms with Gasteiger partial charge >= 0.3 is 0 Å². The summed E-state index contributed by atoms with van der Waals surface area (Å²) in [5.41, 5.74) is 1.55. The Morgan fingerprint density at radius 2 is 1.77 bits per heavy atom. The Balaban J connectivity index is 2.43. The molecule has 1 N–H and O–H groups in total. The van der Waals surface area contributed by atoms with Crippen LogP contribution in [0.15, 0.2) is 30.6 Å². The van der Waals surface area contributed by atoms with E-state index in [2.05, 4.69) is 9.97 Å². The molecule has 0 amide bonds. The van der Waals surface area contributed by atoms with Gasteiger partial charge in [0, 0.05) is 24.0 Å². The van der Waals surface area contributed by atoms with Crippen molar-refractivity contribution in [1.82, 2.24) is 9.97 Å². The van der Waals surface area contributed by atoms with Gasteiger partial charge in [-0.15, -0.1) is 0 Å². The van der Waals surface area contributed by atoms with Crippen LogP contribution in [0.3, 0.4) is 0 Å². The Hall–Kier alpha value is -2.70. The van der Waals surface area contributed by atoms with Gasteiger partial charge in [-0.1, -0.05) is 17.6 Å². The van der Waals surface area contributed by atoms with E-state index in [1.165, 1.54) is 19.5 Å². The maximum absolute atomic E-state index is 14.5. The number of hydrogen-bond donors (Lipinski definition) is 1. The molecule has 0 aliphatic rings. The third kappa shape index (κ3) is 2.06. The molecule has 4 nitrogen and oxygen atoms in total. The van der Waals surface area contributed by atoms with Crippen LogP contribution in [0.25, 0.3) is 22.2 Å². The summed E-state index contributed by atoms with van der Waals surface area (Å²) in [7, 11) is 3.07. The zero-order valence-corrected chi connectivity index (χ0v) is 11.9. The number of hydrogen-bond acceptors (Lipinski definition) is 4. The standard InChI is InChI=1S/C15H11BF2N2O2/c1-22-10-6-9(21)12(17)11(13(10)18)7-2-3-8(16)15-14(7)19-4-5-20-15/h2-6,21H,16H2,1H3. The van der Waals surface area contributed by atoms with Gasteiger partial charge in [-0.3, -0.25) is 9.97 Å². The van der Waals surface area contributed by atoms with Crippen molar-refractivity contribution < 1.29 is 18.6 Å². The third-order valence-corrected chi connectivity index (χ3v) is 3.46. The molecule has 1 heterocycles. The lowest BCUT2D eigenvalue weighted by Crippen LogP contribution is -2.07. The maximum Gasteiger partial charge on any atom is 0.176 e. The van der Waals surface area contributed by atoms with Gasteiger partial charge in [0.25, 0.3) is 0 Å². The first-order valence-electron chi connectivity index (χ1n) is 6.50.